The van der Waals surface area contributed by atoms with Crippen LogP contribution in [0.4, 0.5) is 5.69 Å². The largest absolute Gasteiger partial charge is 0.505 e. The van der Waals surface area contributed by atoms with E-state index in [1.165, 1.54) is 31.4 Å². The number of ether oxygens (including phenoxy) is 1. The van der Waals surface area contributed by atoms with Gasteiger partial charge in [-0.05, 0) is 35.0 Å². The number of carbonyl (C=O) groups is 2. The van der Waals surface area contributed by atoms with Crippen LogP contribution in [0.15, 0.2) is 65.6 Å². The molecule has 0 spiro atoms. The number of para-hydroxylation sites is 1. The second kappa shape index (κ2) is 8.93. The molecule has 1 amide bonds. The van der Waals surface area contributed by atoms with E-state index in [9.17, 15) is 23.1 Å². The van der Waals surface area contributed by atoms with Gasteiger partial charge in [0.1, 0.15) is 5.56 Å². The summed E-state index contributed by atoms with van der Waals surface area (Å²) in [6.45, 7) is -0.140. The summed E-state index contributed by atoms with van der Waals surface area (Å²) in [6, 6.07) is 16.4. The fourth-order valence-electron chi connectivity index (χ4n) is 2.85. The number of carbonyl (C=O) groups excluding carboxylic acids is 2. The van der Waals surface area contributed by atoms with Gasteiger partial charge < -0.3 is 15.2 Å². The van der Waals surface area contributed by atoms with Gasteiger partial charge in [-0.15, -0.1) is 0 Å². The molecule has 3 aromatic carbocycles. The molecule has 0 aromatic heterocycles. The fraction of sp³-hybridized carbons (Fsp3) is 0.143. The number of methoxy groups -OCH3 is 1. The van der Waals surface area contributed by atoms with E-state index < -0.39 is 27.6 Å². The number of hydrogen-bond acceptors (Lipinski definition) is 6. The van der Waals surface area contributed by atoms with E-state index in [4.69, 9.17) is 0 Å². The quantitative estimate of drug-likeness (QED) is 0.393. The molecule has 0 aliphatic rings. The highest BCUT2D eigenvalue weighted by molar-refractivity contribution is 7.89. The van der Waals surface area contributed by atoms with Gasteiger partial charge in [0.05, 0.1) is 17.7 Å². The molecule has 0 aliphatic heterocycles. The van der Waals surface area contributed by atoms with Crippen molar-refractivity contribution in [1.82, 2.24) is 4.72 Å². The topological polar surface area (TPSA) is 122 Å². The molecule has 9 heteroatoms. The van der Waals surface area contributed by atoms with Gasteiger partial charge in [0.2, 0.25) is 15.9 Å². The second-order valence-electron chi connectivity index (χ2n) is 6.40. The van der Waals surface area contributed by atoms with Crippen LogP contribution in [0.2, 0.25) is 0 Å². The summed E-state index contributed by atoms with van der Waals surface area (Å²) in [5, 5.41) is 14.3. The average Bonchev–Trinajstić information content (AvgIpc) is 2.74. The number of esters is 1. The van der Waals surface area contributed by atoms with Crippen LogP contribution in [0.25, 0.3) is 10.8 Å². The Hall–Kier alpha value is -3.43. The summed E-state index contributed by atoms with van der Waals surface area (Å²) in [5.41, 5.74) is -0.0624. The number of anilines is 1. The molecular formula is C21H20N2O6S. The number of benzene rings is 3. The molecule has 3 aromatic rings. The van der Waals surface area contributed by atoms with E-state index in [0.717, 1.165) is 10.8 Å². The predicted octanol–water partition coefficient (Wildman–Crippen LogP) is 2.64. The van der Waals surface area contributed by atoms with E-state index in [0.29, 0.717) is 0 Å². The average molecular weight is 428 g/mol. The first kappa shape index (κ1) is 21.3. The predicted molar refractivity (Wildman–Crippen MR) is 112 cm³/mol. The molecule has 0 fully saturated rings. The minimum atomic E-state index is -3.79. The number of phenols is 1. The van der Waals surface area contributed by atoms with Crippen molar-refractivity contribution in [2.24, 2.45) is 0 Å². The van der Waals surface area contributed by atoms with E-state index in [2.05, 4.69) is 14.8 Å². The SMILES string of the molecule is COC(=O)c1cccc(NC(=O)CCNS(=O)(=O)c2ccc3ccccc3c2)c1O. The minimum absolute atomic E-state index is 0.0280. The monoisotopic (exact) mass is 428 g/mol. The van der Waals surface area contributed by atoms with Gasteiger partial charge in [0, 0.05) is 13.0 Å². The zero-order chi connectivity index (χ0) is 21.7. The molecule has 0 saturated carbocycles. The maximum absolute atomic E-state index is 12.5. The van der Waals surface area contributed by atoms with E-state index in [-0.39, 0.29) is 29.1 Å². The lowest BCUT2D eigenvalue weighted by Crippen LogP contribution is -2.27. The Labute approximate surface area is 173 Å². The number of amides is 1. The Balaban J connectivity index is 1.62. The van der Waals surface area contributed by atoms with Gasteiger partial charge in [0.15, 0.2) is 5.75 Å². The van der Waals surface area contributed by atoms with Crippen LogP contribution in [0.3, 0.4) is 0 Å². The van der Waals surface area contributed by atoms with Gasteiger partial charge in [-0.1, -0.05) is 36.4 Å². The molecule has 30 heavy (non-hydrogen) atoms. The van der Waals surface area contributed by atoms with Crippen molar-refractivity contribution in [3.05, 3.63) is 66.2 Å². The van der Waals surface area contributed by atoms with Gasteiger partial charge >= 0.3 is 5.97 Å². The lowest BCUT2D eigenvalue weighted by atomic mass is 10.1. The summed E-state index contributed by atoms with van der Waals surface area (Å²) in [7, 11) is -2.62. The fourth-order valence-corrected chi connectivity index (χ4v) is 3.92. The van der Waals surface area contributed by atoms with Crippen LogP contribution in [-0.4, -0.2) is 39.1 Å². The van der Waals surface area contributed by atoms with Crippen LogP contribution in [0.5, 0.6) is 5.75 Å². The van der Waals surface area contributed by atoms with Gasteiger partial charge in [-0.2, -0.15) is 0 Å². The van der Waals surface area contributed by atoms with Gasteiger partial charge in [-0.25, -0.2) is 17.9 Å². The lowest BCUT2D eigenvalue weighted by Gasteiger charge is -2.11. The molecular weight excluding hydrogens is 408 g/mol. The molecule has 0 heterocycles. The first-order valence-electron chi connectivity index (χ1n) is 9.00. The highest BCUT2D eigenvalue weighted by Gasteiger charge is 2.17. The number of fused-ring (bicyclic) bond motifs is 1. The van der Waals surface area contributed by atoms with Crippen LogP contribution < -0.4 is 10.0 Å². The van der Waals surface area contributed by atoms with Crippen LogP contribution in [0, 0.1) is 0 Å². The Bertz CT molecular complexity index is 1210. The van der Waals surface area contributed by atoms with Crippen molar-refractivity contribution in [1.29, 1.82) is 0 Å². The molecule has 0 radical (unpaired) electrons. The van der Waals surface area contributed by atoms with Crippen molar-refractivity contribution < 1.29 is 27.9 Å². The molecule has 3 N–H and O–H groups in total. The standard InChI is InChI=1S/C21H20N2O6S/c1-29-21(26)17-7-4-8-18(20(17)25)23-19(24)11-12-22-30(27,28)16-10-9-14-5-2-3-6-15(14)13-16/h2-10,13,22,25H,11-12H2,1H3,(H,23,24). The smallest absolute Gasteiger partial charge is 0.341 e. The maximum atomic E-state index is 12.5. The molecule has 156 valence electrons. The van der Waals surface area contributed by atoms with Crippen molar-refractivity contribution in [2.45, 2.75) is 11.3 Å². The van der Waals surface area contributed by atoms with Gasteiger partial charge in [0.25, 0.3) is 0 Å². The first-order chi connectivity index (χ1) is 14.3. The highest BCUT2D eigenvalue weighted by Crippen LogP contribution is 2.28. The Morgan fingerprint density at radius 2 is 1.73 bits per heavy atom. The summed E-state index contributed by atoms with van der Waals surface area (Å²) < 4.78 is 31.9. The third-order valence-electron chi connectivity index (χ3n) is 4.39. The zero-order valence-electron chi connectivity index (χ0n) is 16.1. The molecule has 8 nitrogen and oxygen atoms in total. The van der Waals surface area contributed by atoms with E-state index >= 15 is 0 Å². The minimum Gasteiger partial charge on any atom is -0.505 e. The number of phenolic OH excluding ortho intramolecular Hbond substituents is 1. The number of nitrogens with one attached hydrogen (secondary N) is 2. The number of sulfonamides is 1. The van der Waals surface area contributed by atoms with Crippen molar-refractivity contribution in [3.63, 3.8) is 0 Å². The Morgan fingerprint density at radius 1 is 1.00 bits per heavy atom. The van der Waals surface area contributed by atoms with Crippen molar-refractivity contribution in [2.75, 3.05) is 19.0 Å². The Morgan fingerprint density at radius 3 is 2.47 bits per heavy atom. The summed E-state index contributed by atoms with van der Waals surface area (Å²) in [5.74, 6) is -1.70. The number of rotatable bonds is 7. The van der Waals surface area contributed by atoms with E-state index in [1.54, 1.807) is 12.1 Å². The summed E-state index contributed by atoms with van der Waals surface area (Å²) in [4.78, 5) is 23.8. The van der Waals surface area contributed by atoms with Gasteiger partial charge in [-0.3, -0.25) is 4.79 Å². The van der Waals surface area contributed by atoms with Crippen LogP contribution in [0.1, 0.15) is 16.8 Å². The third-order valence-corrected chi connectivity index (χ3v) is 5.85. The lowest BCUT2D eigenvalue weighted by molar-refractivity contribution is -0.116. The molecule has 0 atom stereocenters. The maximum Gasteiger partial charge on any atom is 0.341 e. The summed E-state index contributed by atoms with van der Waals surface area (Å²) >= 11 is 0. The van der Waals surface area contributed by atoms with Crippen molar-refractivity contribution >= 4 is 38.4 Å². The molecule has 3 rings (SSSR count). The molecule has 0 bridgehead atoms. The molecule has 0 saturated heterocycles. The third kappa shape index (κ3) is 4.76. The van der Waals surface area contributed by atoms with E-state index in [1.807, 2.05) is 24.3 Å². The highest BCUT2D eigenvalue weighted by atomic mass is 32.2. The normalized spacial score (nSPS) is 11.2. The zero-order valence-corrected chi connectivity index (χ0v) is 16.9. The van der Waals surface area contributed by atoms with Crippen molar-refractivity contribution in [3.8, 4) is 5.75 Å². The van der Waals surface area contributed by atoms with Crippen LogP contribution >= 0.6 is 0 Å². The molecule has 0 aliphatic carbocycles. The number of hydrogen-bond donors (Lipinski definition) is 3. The van der Waals surface area contributed by atoms with Crippen LogP contribution in [-0.2, 0) is 19.6 Å². The Kier molecular flexibility index (Phi) is 6.34. The molecule has 0 unspecified atom stereocenters. The first-order valence-corrected chi connectivity index (χ1v) is 10.5. The number of aromatic hydroxyl groups is 1. The second-order valence-corrected chi connectivity index (χ2v) is 8.17. The summed E-state index contributed by atoms with van der Waals surface area (Å²) in [6.07, 6.45) is -0.172.